The lowest BCUT2D eigenvalue weighted by molar-refractivity contribution is 0.0240. The van der Waals surface area contributed by atoms with Crippen LogP contribution in [-0.2, 0) is 4.74 Å². The van der Waals surface area contributed by atoms with E-state index in [2.05, 4.69) is 36.8 Å². The highest BCUT2D eigenvalue weighted by molar-refractivity contribution is 5.70. The van der Waals surface area contributed by atoms with Crippen LogP contribution in [0.2, 0.25) is 0 Å². The van der Waals surface area contributed by atoms with Gasteiger partial charge in [0.15, 0.2) is 0 Å². The van der Waals surface area contributed by atoms with Gasteiger partial charge in [-0.3, -0.25) is 0 Å². The number of hydrogen-bond donors (Lipinski definition) is 1. The van der Waals surface area contributed by atoms with Crippen molar-refractivity contribution in [1.29, 1.82) is 0 Å². The molecule has 1 saturated carbocycles. The third kappa shape index (κ3) is 6.33. The molecule has 2 fully saturated rings. The number of carbonyl (C=O) groups is 1. The Morgan fingerprint density at radius 3 is 2.54 bits per heavy atom. The molecule has 11 heteroatoms. The van der Waals surface area contributed by atoms with Crippen molar-refractivity contribution < 1.29 is 9.53 Å². The summed E-state index contributed by atoms with van der Waals surface area (Å²) in [5.41, 5.74) is 2.08. The minimum absolute atomic E-state index is 0.280. The molecule has 4 heterocycles. The number of nitrogens with one attached hydrogen (secondary N) is 1. The number of nitrogens with zero attached hydrogens (tertiary/aromatic N) is 8. The summed E-state index contributed by atoms with van der Waals surface area (Å²) in [6.07, 6.45) is 9.31. The number of piperazine rings is 1. The van der Waals surface area contributed by atoms with Gasteiger partial charge >= 0.3 is 6.09 Å². The smallest absolute Gasteiger partial charge is 0.410 e. The van der Waals surface area contributed by atoms with E-state index >= 15 is 0 Å². The maximum Gasteiger partial charge on any atom is 0.410 e. The maximum absolute atomic E-state index is 12.5. The first-order chi connectivity index (χ1) is 17.8. The van der Waals surface area contributed by atoms with E-state index in [-0.39, 0.29) is 6.09 Å². The first-order valence-corrected chi connectivity index (χ1v) is 13.1. The normalized spacial score (nSPS) is 17.1. The zero-order valence-corrected chi connectivity index (χ0v) is 21.8. The Hall–Kier alpha value is -3.76. The molecule has 0 atom stereocenters. The Labute approximate surface area is 217 Å². The summed E-state index contributed by atoms with van der Waals surface area (Å²) in [4.78, 5) is 26.0. The van der Waals surface area contributed by atoms with E-state index in [1.165, 1.54) is 32.1 Å². The van der Waals surface area contributed by atoms with Gasteiger partial charge in [0.1, 0.15) is 23.6 Å². The minimum Gasteiger partial charge on any atom is -0.444 e. The predicted molar refractivity (Wildman–Crippen MR) is 141 cm³/mol. The van der Waals surface area contributed by atoms with Crippen LogP contribution in [0, 0.1) is 0 Å². The van der Waals surface area contributed by atoms with Crippen LogP contribution in [0.1, 0.15) is 52.9 Å². The molecule has 3 aromatic rings. The number of anilines is 2. The minimum atomic E-state index is -0.514. The summed E-state index contributed by atoms with van der Waals surface area (Å²) in [7, 11) is 0. The first-order valence-electron chi connectivity index (χ1n) is 13.1. The summed E-state index contributed by atoms with van der Waals surface area (Å²) in [5.74, 6) is 1.68. The van der Waals surface area contributed by atoms with Gasteiger partial charge in [0.2, 0.25) is 0 Å². The molecule has 1 N–H and O–H groups in total. The van der Waals surface area contributed by atoms with Gasteiger partial charge in [-0.1, -0.05) is 19.3 Å². The number of amides is 1. The van der Waals surface area contributed by atoms with E-state index in [1.54, 1.807) is 15.9 Å². The molecule has 1 amide bonds. The fourth-order valence-electron chi connectivity index (χ4n) is 4.79. The molecule has 196 valence electrons. The molecule has 0 bridgehead atoms. The topological polar surface area (TPSA) is 114 Å². The molecule has 0 spiro atoms. The Kier molecular flexibility index (Phi) is 7.20. The van der Waals surface area contributed by atoms with Gasteiger partial charge in [-0.05, 0) is 62.2 Å². The number of aromatic nitrogens is 6. The predicted octanol–water partition coefficient (Wildman–Crippen LogP) is 3.92. The number of rotatable bonds is 5. The van der Waals surface area contributed by atoms with E-state index in [9.17, 15) is 4.79 Å². The highest BCUT2D eigenvalue weighted by atomic mass is 16.6. The van der Waals surface area contributed by atoms with Crippen LogP contribution in [0.4, 0.5) is 16.4 Å². The summed E-state index contributed by atoms with van der Waals surface area (Å²) >= 11 is 0. The fraction of sp³-hybridized carbons (Fsp3) is 0.538. The van der Waals surface area contributed by atoms with Crippen LogP contribution < -0.4 is 10.2 Å². The van der Waals surface area contributed by atoms with E-state index in [4.69, 9.17) is 9.72 Å². The Morgan fingerprint density at radius 2 is 1.84 bits per heavy atom. The lowest BCUT2D eigenvalue weighted by Gasteiger charge is -2.36. The van der Waals surface area contributed by atoms with Crippen molar-refractivity contribution in [3.05, 3.63) is 36.8 Å². The monoisotopic (exact) mass is 505 g/mol. The molecule has 3 aromatic heterocycles. The number of tetrazole rings is 1. The third-order valence-corrected chi connectivity index (χ3v) is 6.68. The number of hydrogen-bond acceptors (Lipinski definition) is 9. The molecule has 37 heavy (non-hydrogen) atoms. The SMILES string of the molecule is CC(C)(C)OC(=O)N1CCN(c2cc(-n3cnnn3)cc(-c3ccnc(NC4CCCCC4)c3)n2)CC1. The molecule has 0 unspecified atom stereocenters. The lowest BCUT2D eigenvalue weighted by atomic mass is 9.95. The van der Waals surface area contributed by atoms with Crippen LogP contribution in [-0.4, -0.2) is 79.0 Å². The van der Waals surface area contributed by atoms with Crippen molar-refractivity contribution in [2.75, 3.05) is 36.4 Å². The molecular weight excluding hydrogens is 470 g/mol. The summed E-state index contributed by atoms with van der Waals surface area (Å²) in [5, 5.41) is 15.3. The highest BCUT2D eigenvalue weighted by Gasteiger charge is 2.27. The van der Waals surface area contributed by atoms with Gasteiger partial charge in [0, 0.05) is 50.0 Å². The second-order valence-electron chi connectivity index (χ2n) is 10.7. The first kappa shape index (κ1) is 24.9. The van der Waals surface area contributed by atoms with Crippen molar-refractivity contribution in [3.63, 3.8) is 0 Å². The number of carbonyl (C=O) groups excluding carboxylic acids is 1. The summed E-state index contributed by atoms with van der Waals surface area (Å²) in [6.45, 7) is 8.06. The van der Waals surface area contributed by atoms with Crippen LogP contribution in [0.3, 0.4) is 0 Å². The molecule has 5 rings (SSSR count). The quantitative estimate of drug-likeness (QED) is 0.551. The molecule has 0 radical (unpaired) electrons. The van der Waals surface area contributed by atoms with E-state index in [0.29, 0.717) is 32.2 Å². The van der Waals surface area contributed by atoms with Gasteiger partial charge in [-0.25, -0.2) is 19.4 Å². The van der Waals surface area contributed by atoms with Gasteiger partial charge < -0.3 is 19.9 Å². The molecule has 11 nitrogen and oxygen atoms in total. The summed E-state index contributed by atoms with van der Waals surface area (Å²) in [6, 6.07) is 8.46. The standard InChI is InChI=1S/C26H35N9O2/c1-26(2,3)37-25(36)34-13-11-33(12-14-34)24-17-21(35-18-28-31-32-35)16-22(30-24)19-9-10-27-23(15-19)29-20-7-5-4-6-8-20/h9-10,15-18,20H,4-8,11-14H2,1-3H3,(H,27,29). The second kappa shape index (κ2) is 10.7. The van der Waals surface area contributed by atoms with Crippen molar-refractivity contribution in [3.8, 4) is 16.9 Å². The molecule has 1 aliphatic carbocycles. The van der Waals surface area contributed by atoms with E-state index in [0.717, 1.165) is 28.6 Å². The number of pyridine rings is 2. The highest BCUT2D eigenvalue weighted by Crippen LogP contribution is 2.28. The van der Waals surface area contributed by atoms with Crippen LogP contribution in [0.25, 0.3) is 16.9 Å². The maximum atomic E-state index is 12.5. The van der Waals surface area contributed by atoms with E-state index < -0.39 is 5.60 Å². The third-order valence-electron chi connectivity index (χ3n) is 6.68. The van der Waals surface area contributed by atoms with Crippen molar-refractivity contribution in [1.82, 2.24) is 35.1 Å². The molecule has 1 aliphatic heterocycles. The zero-order valence-electron chi connectivity index (χ0n) is 21.8. The largest absolute Gasteiger partial charge is 0.444 e. The average molecular weight is 506 g/mol. The Bertz CT molecular complexity index is 1200. The lowest BCUT2D eigenvalue weighted by Crippen LogP contribution is -2.50. The van der Waals surface area contributed by atoms with Crippen molar-refractivity contribution >= 4 is 17.7 Å². The van der Waals surface area contributed by atoms with Crippen molar-refractivity contribution in [2.24, 2.45) is 0 Å². The van der Waals surface area contributed by atoms with Crippen LogP contribution in [0.15, 0.2) is 36.8 Å². The number of ether oxygens (including phenoxy) is 1. The zero-order chi connectivity index (χ0) is 25.8. The van der Waals surface area contributed by atoms with Gasteiger partial charge in [0.05, 0.1) is 11.4 Å². The molecular formula is C26H35N9O2. The van der Waals surface area contributed by atoms with E-state index in [1.807, 2.05) is 45.2 Å². The molecule has 1 saturated heterocycles. The second-order valence-corrected chi connectivity index (χ2v) is 10.7. The fourth-order valence-corrected chi connectivity index (χ4v) is 4.79. The van der Waals surface area contributed by atoms with Crippen LogP contribution in [0.5, 0.6) is 0 Å². The van der Waals surface area contributed by atoms with Crippen LogP contribution >= 0.6 is 0 Å². The molecule has 2 aliphatic rings. The van der Waals surface area contributed by atoms with Gasteiger partial charge in [-0.15, -0.1) is 5.10 Å². The van der Waals surface area contributed by atoms with Crippen molar-refractivity contribution in [2.45, 2.75) is 64.5 Å². The average Bonchev–Trinajstić information content (AvgIpc) is 3.44. The summed E-state index contributed by atoms with van der Waals surface area (Å²) < 4.78 is 7.18. The van der Waals surface area contributed by atoms with Gasteiger partial charge in [0.25, 0.3) is 0 Å². The van der Waals surface area contributed by atoms with Gasteiger partial charge in [-0.2, -0.15) is 0 Å². The molecule has 0 aromatic carbocycles. The Morgan fingerprint density at radius 1 is 1.05 bits per heavy atom. The Balaban J connectivity index is 1.38.